The van der Waals surface area contributed by atoms with Crippen molar-refractivity contribution >= 4 is 15.9 Å². The standard InChI is InChI=1S/C12H12BrFN2O/c13-12-9(2-1-3-11(12)14)7-16-4-5-17-10(6-15)8-16/h1-3,10H,4-5,7-8H2. The van der Waals surface area contributed by atoms with Gasteiger partial charge in [0.05, 0.1) is 17.1 Å². The van der Waals surface area contributed by atoms with Gasteiger partial charge < -0.3 is 4.74 Å². The fourth-order valence-corrected chi connectivity index (χ4v) is 2.23. The molecule has 1 aromatic rings. The molecule has 1 aliphatic heterocycles. The number of halogens is 2. The molecule has 1 heterocycles. The van der Waals surface area contributed by atoms with Crippen LogP contribution in [0.1, 0.15) is 5.56 Å². The van der Waals surface area contributed by atoms with Crippen LogP contribution >= 0.6 is 15.9 Å². The zero-order chi connectivity index (χ0) is 12.3. The average Bonchev–Trinajstić information content (AvgIpc) is 2.35. The van der Waals surface area contributed by atoms with E-state index >= 15 is 0 Å². The second-order valence-electron chi connectivity index (χ2n) is 3.94. The van der Waals surface area contributed by atoms with Crippen molar-refractivity contribution in [3.05, 3.63) is 34.1 Å². The van der Waals surface area contributed by atoms with Crippen molar-refractivity contribution in [2.24, 2.45) is 0 Å². The van der Waals surface area contributed by atoms with Crippen molar-refractivity contribution in [2.75, 3.05) is 19.7 Å². The molecule has 90 valence electrons. The van der Waals surface area contributed by atoms with Crippen molar-refractivity contribution in [3.8, 4) is 6.07 Å². The second-order valence-corrected chi connectivity index (χ2v) is 4.73. The quantitative estimate of drug-likeness (QED) is 0.841. The first-order valence-electron chi connectivity index (χ1n) is 5.37. The summed E-state index contributed by atoms with van der Waals surface area (Å²) < 4.78 is 19.1. The average molecular weight is 299 g/mol. The third-order valence-corrected chi connectivity index (χ3v) is 3.61. The van der Waals surface area contributed by atoms with E-state index in [0.29, 0.717) is 24.2 Å². The minimum absolute atomic E-state index is 0.257. The lowest BCUT2D eigenvalue weighted by molar-refractivity contribution is -0.00279. The molecule has 0 saturated carbocycles. The van der Waals surface area contributed by atoms with Gasteiger partial charge >= 0.3 is 0 Å². The molecule has 1 saturated heterocycles. The molecule has 0 spiro atoms. The number of hydrogen-bond acceptors (Lipinski definition) is 3. The van der Waals surface area contributed by atoms with E-state index in [4.69, 9.17) is 10.00 Å². The van der Waals surface area contributed by atoms with Gasteiger partial charge in [-0.1, -0.05) is 12.1 Å². The molecule has 1 atom stereocenters. The van der Waals surface area contributed by atoms with Gasteiger partial charge in [0.15, 0.2) is 6.10 Å². The summed E-state index contributed by atoms with van der Waals surface area (Å²) in [6.45, 7) is 2.51. The predicted octanol–water partition coefficient (Wildman–Crippen LogP) is 2.31. The Morgan fingerprint density at radius 1 is 1.59 bits per heavy atom. The Kier molecular flexibility index (Phi) is 4.11. The van der Waals surface area contributed by atoms with Crippen LogP contribution < -0.4 is 0 Å². The summed E-state index contributed by atoms with van der Waals surface area (Å²) >= 11 is 3.24. The van der Waals surface area contributed by atoms with Gasteiger partial charge in [-0.15, -0.1) is 0 Å². The van der Waals surface area contributed by atoms with Gasteiger partial charge in [-0.25, -0.2) is 4.39 Å². The van der Waals surface area contributed by atoms with Crippen LogP contribution in [-0.4, -0.2) is 30.7 Å². The van der Waals surface area contributed by atoms with E-state index in [9.17, 15) is 4.39 Å². The van der Waals surface area contributed by atoms with E-state index < -0.39 is 0 Å². The van der Waals surface area contributed by atoms with Gasteiger partial charge in [-0.3, -0.25) is 4.90 Å². The molecule has 0 radical (unpaired) electrons. The Hall–Kier alpha value is -0.960. The molecule has 0 N–H and O–H groups in total. The van der Waals surface area contributed by atoms with Crippen molar-refractivity contribution in [1.82, 2.24) is 4.90 Å². The van der Waals surface area contributed by atoms with E-state index in [1.165, 1.54) is 6.07 Å². The molecule has 1 aromatic carbocycles. The van der Waals surface area contributed by atoms with E-state index in [1.807, 2.05) is 6.07 Å². The Balaban J connectivity index is 2.06. The summed E-state index contributed by atoms with van der Waals surface area (Å²) in [5.41, 5.74) is 0.892. The first-order chi connectivity index (χ1) is 8.20. The molecule has 0 aromatic heterocycles. The van der Waals surface area contributed by atoms with E-state index in [0.717, 1.165) is 12.1 Å². The van der Waals surface area contributed by atoms with Crippen LogP contribution in [0.2, 0.25) is 0 Å². The highest BCUT2D eigenvalue weighted by Gasteiger charge is 2.20. The largest absolute Gasteiger partial charge is 0.361 e. The van der Waals surface area contributed by atoms with Crippen LogP contribution in [0.4, 0.5) is 4.39 Å². The van der Waals surface area contributed by atoms with Crippen molar-refractivity contribution < 1.29 is 9.13 Å². The van der Waals surface area contributed by atoms with Gasteiger partial charge in [0.1, 0.15) is 5.82 Å². The van der Waals surface area contributed by atoms with Gasteiger partial charge in [0.2, 0.25) is 0 Å². The van der Waals surface area contributed by atoms with Gasteiger partial charge in [-0.05, 0) is 27.6 Å². The fourth-order valence-electron chi connectivity index (χ4n) is 1.84. The summed E-state index contributed by atoms with van der Waals surface area (Å²) in [5.74, 6) is -0.257. The monoisotopic (exact) mass is 298 g/mol. The molecule has 17 heavy (non-hydrogen) atoms. The van der Waals surface area contributed by atoms with Crippen molar-refractivity contribution in [3.63, 3.8) is 0 Å². The number of rotatable bonds is 2. The molecule has 0 aliphatic carbocycles. The number of nitrogens with zero attached hydrogens (tertiary/aromatic N) is 2. The lowest BCUT2D eigenvalue weighted by Gasteiger charge is -2.29. The summed E-state index contributed by atoms with van der Waals surface area (Å²) in [6, 6.07) is 7.09. The predicted molar refractivity (Wildman–Crippen MR) is 64.7 cm³/mol. The maximum atomic E-state index is 13.3. The molecule has 0 bridgehead atoms. The summed E-state index contributed by atoms with van der Waals surface area (Å²) in [6.07, 6.45) is -0.379. The molecule has 2 rings (SSSR count). The van der Waals surface area contributed by atoms with Crippen LogP contribution in [0, 0.1) is 17.1 Å². The van der Waals surface area contributed by atoms with Crippen LogP contribution in [0.3, 0.4) is 0 Å². The summed E-state index contributed by atoms with van der Waals surface area (Å²) in [5, 5.41) is 8.80. The van der Waals surface area contributed by atoms with Crippen molar-refractivity contribution in [1.29, 1.82) is 5.26 Å². The highest BCUT2D eigenvalue weighted by atomic mass is 79.9. The lowest BCUT2D eigenvalue weighted by Crippen LogP contribution is -2.41. The zero-order valence-electron chi connectivity index (χ0n) is 9.20. The minimum atomic E-state index is -0.379. The smallest absolute Gasteiger partial charge is 0.156 e. The molecule has 0 amide bonds. The first kappa shape index (κ1) is 12.5. The third-order valence-electron chi connectivity index (χ3n) is 2.72. The first-order valence-corrected chi connectivity index (χ1v) is 6.16. The molecule has 5 heteroatoms. The Morgan fingerprint density at radius 3 is 3.18 bits per heavy atom. The number of nitriles is 1. The van der Waals surface area contributed by atoms with E-state index in [2.05, 4.69) is 26.9 Å². The molecule has 3 nitrogen and oxygen atoms in total. The fraction of sp³-hybridized carbons (Fsp3) is 0.417. The van der Waals surface area contributed by atoms with Gasteiger partial charge in [0.25, 0.3) is 0 Å². The number of ether oxygens (including phenoxy) is 1. The third kappa shape index (κ3) is 3.03. The zero-order valence-corrected chi connectivity index (χ0v) is 10.8. The highest BCUT2D eigenvalue weighted by Crippen LogP contribution is 2.22. The Morgan fingerprint density at radius 2 is 2.41 bits per heavy atom. The van der Waals surface area contributed by atoms with E-state index in [-0.39, 0.29) is 11.9 Å². The maximum absolute atomic E-state index is 13.3. The van der Waals surface area contributed by atoms with Crippen LogP contribution in [0.15, 0.2) is 22.7 Å². The molecule has 1 fully saturated rings. The highest BCUT2D eigenvalue weighted by molar-refractivity contribution is 9.10. The maximum Gasteiger partial charge on any atom is 0.156 e. The number of morpholine rings is 1. The van der Waals surface area contributed by atoms with Crippen molar-refractivity contribution in [2.45, 2.75) is 12.6 Å². The normalized spacial score (nSPS) is 21.1. The van der Waals surface area contributed by atoms with Gasteiger partial charge in [-0.2, -0.15) is 5.26 Å². The lowest BCUT2D eigenvalue weighted by atomic mass is 10.2. The van der Waals surface area contributed by atoms with E-state index in [1.54, 1.807) is 6.07 Å². The molecule has 1 aliphatic rings. The summed E-state index contributed by atoms with van der Waals surface area (Å²) in [7, 11) is 0. The SMILES string of the molecule is N#CC1CN(Cc2cccc(F)c2Br)CCO1. The van der Waals surface area contributed by atoms with Crippen LogP contribution in [0.25, 0.3) is 0 Å². The molecule has 1 unspecified atom stereocenters. The van der Waals surface area contributed by atoms with Crippen LogP contribution in [0.5, 0.6) is 0 Å². The molecular weight excluding hydrogens is 287 g/mol. The van der Waals surface area contributed by atoms with Crippen LogP contribution in [-0.2, 0) is 11.3 Å². The summed E-state index contributed by atoms with van der Waals surface area (Å²) in [4.78, 5) is 2.09. The number of hydrogen-bond donors (Lipinski definition) is 0. The Labute approximate surface area is 108 Å². The van der Waals surface area contributed by atoms with Gasteiger partial charge in [0, 0.05) is 19.6 Å². The molecular formula is C12H12BrFN2O. The minimum Gasteiger partial charge on any atom is -0.361 e. The second kappa shape index (κ2) is 5.58. The topological polar surface area (TPSA) is 36.3 Å². The number of benzene rings is 1. The Bertz CT molecular complexity index is 447.